The van der Waals surface area contributed by atoms with Crippen LogP contribution in [0.25, 0.3) is 23.1 Å². The lowest BCUT2D eigenvalue weighted by molar-refractivity contribution is 0.0717. The van der Waals surface area contributed by atoms with Gasteiger partial charge in [0.1, 0.15) is 17.4 Å². The molecule has 0 N–H and O–H groups in total. The molecule has 1 aliphatic rings. The standard InChI is InChI=1S/C31H26BrF2N3O3/c1-40-24-5-2-4-20(16-24)6-9-23-19-27(26-17-21(32)7-11-29(26)35-23)31(39)37-13-3-12-36(14-15-37)30(38)25-10-8-22(33)18-28(25)34/h2,4-11,16-19H,3,12-15H2,1H3/b9-6+. The number of halogens is 3. The molecule has 40 heavy (non-hydrogen) atoms. The van der Waals surface area contributed by atoms with E-state index in [2.05, 4.69) is 15.9 Å². The maximum absolute atomic E-state index is 14.2. The van der Waals surface area contributed by atoms with E-state index >= 15 is 0 Å². The number of rotatable bonds is 5. The zero-order valence-corrected chi connectivity index (χ0v) is 23.3. The number of carbonyl (C=O) groups is 2. The molecular formula is C31H26BrF2N3O3. The van der Waals surface area contributed by atoms with E-state index in [1.807, 2.05) is 54.6 Å². The van der Waals surface area contributed by atoms with Gasteiger partial charge in [-0.15, -0.1) is 0 Å². The van der Waals surface area contributed by atoms with Crippen LogP contribution in [0.1, 0.15) is 38.4 Å². The Labute approximate surface area is 239 Å². The molecule has 2 heterocycles. The molecule has 0 atom stereocenters. The van der Waals surface area contributed by atoms with Gasteiger partial charge in [-0.05, 0) is 66.6 Å². The van der Waals surface area contributed by atoms with Gasteiger partial charge in [0.2, 0.25) is 0 Å². The predicted octanol–water partition coefficient (Wildman–Crippen LogP) is 6.44. The molecule has 1 aromatic heterocycles. The highest BCUT2D eigenvalue weighted by atomic mass is 79.9. The van der Waals surface area contributed by atoms with E-state index in [4.69, 9.17) is 9.72 Å². The van der Waals surface area contributed by atoms with Gasteiger partial charge in [-0.3, -0.25) is 9.59 Å². The quantitative estimate of drug-likeness (QED) is 0.262. The van der Waals surface area contributed by atoms with Gasteiger partial charge >= 0.3 is 0 Å². The van der Waals surface area contributed by atoms with Gasteiger partial charge < -0.3 is 14.5 Å². The van der Waals surface area contributed by atoms with Gasteiger partial charge in [0.15, 0.2) is 0 Å². The van der Waals surface area contributed by atoms with Crippen molar-refractivity contribution >= 4 is 50.8 Å². The first-order chi connectivity index (χ1) is 19.3. The minimum Gasteiger partial charge on any atom is -0.497 e. The molecule has 0 spiro atoms. The molecule has 6 nitrogen and oxygen atoms in total. The first-order valence-electron chi connectivity index (χ1n) is 12.8. The van der Waals surface area contributed by atoms with Crippen molar-refractivity contribution < 1.29 is 23.1 Å². The van der Waals surface area contributed by atoms with Gasteiger partial charge in [0, 0.05) is 42.1 Å². The van der Waals surface area contributed by atoms with E-state index in [0.29, 0.717) is 47.7 Å². The topological polar surface area (TPSA) is 62.7 Å². The number of fused-ring (bicyclic) bond motifs is 1. The monoisotopic (exact) mass is 605 g/mol. The highest BCUT2D eigenvalue weighted by molar-refractivity contribution is 9.10. The lowest BCUT2D eigenvalue weighted by Crippen LogP contribution is -2.37. The van der Waals surface area contributed by atoms with Crippen molar-refractivity contribution in [2.75, 3.05) is 33.3 Å². The lowest BCUT2D eigenvalue weighted by Gasteiger charge is -2.23. The van der Waals surface area contributed by atoms with Gasteiger partial charge in [-0.2, -0.15) is 0 Å². The molecule has 0 unspecified atom stereocenters. The van der Waals surface area contributed by atoms with Gasteiger partial charge in [-0.1, -0.05) is 34.1 Å². The van der Waals surface area contributed by atoms with Gasteiger partial charge in [0.25, 0.3) is 11.8 Å². The summed E-state index contributed by atoms with van der Waals surface area (Å²) in [7, 11) is 1.61. The molecule has 9 heteroatoms. The van der Waals surface area contributed by atoms with E-state index in [1.54, 1.807) is 18.1 Å². The lowest BCUT2D eigenvalue weighted by atomic mass is 10.1. The van der Waals surface area contributed by atoms with Crippen LogP contribution in [0.2, 0.25) is 0 Å². The fourth-order valence-electron chi connectivity index (χ4n) is 4.73. The molecule has 5 rings (SSSR count). The van der Waals surface area contributed by atoms with Crippen LogP contribution in [0.3, 0.4) is 0 Å². The highest BCUT2D eigenvalue weighted by Crippen LogP contribution is 2.26. The third-order valence-corrected chi connectivity index (χ3v) is 7.29. The van der Waals surface area contributed by atoms with Crippen molar-refractivity contribution in [3.63, 3.8) is 0 Å². The maximum atomic E-state index is 14.2. The smallest absolute Gasteiger partial charge is 0.256 e. The van der Waals surface area contributed by atoms with Crippen molar-refractivity contribution in [2.45, 2.75) is 6.42 Å². The van der Waals surface area contributed by atoms with E-state index in [0.717, 1.165) is 27.9 Å². The van der Waals surface area contributed by atoms with Crippen LogP contribution in [-0.4, -0.2) is 59.9 Å². The van der Waals surface area contributed by atoms with E-state index in [9.17, 15) is 18.4 Å². The second kappa shape index (κ2) is 12.0. The molecule has 0 bridgehead atoms. The zero-order valence-electron chi connectivity index (χ0n) is 21.7. The molecule has 1 fully saturated rings. The summed E-state index contributed by atoms with van der Waals surface area (Å²) in [6, 6.07) is 17.9. The average Bonchev–Trinajstić information content (AvgIpc) is 3.22. The molecule has 4 aromatic rings. The van der Waals surface area contributed by atoms with Crippen LogP contribution in [0.15, 0.2) is 71.2 Å². The Kier molecular flexibility index (Phi) is 8.21. The molecular weight excluding hydrogens is 580 g/mol. The first kappa shape index (κ1) is 27.5. The summed E-state index contributed by atoms with van der Waals surface area (Å²) in [6.45, 7) is 1.30. The largest absolute Gasteiger partial charge is 0.497 e. The summed E-state index contributed by atoms with van der Waals surface area (Å²) in [5, 5.41) is 0.712. The SMILES string of the molecule is COc1cccc(/C=C/c2cc(C(=O)N3CCCN(C(=O)c4ccc(F)cc4F)CC3)c3cc(Br)ccc3n2)c1. The summed E-state index contributed by atoms with van der Waals surface area (Å²) in [5.74, 6) is -1.59. The number of hydrogen-bond acceptors (Lipinski definition) is 4. The minimum absolute atomic E-state index is 0.177. The average molecular weight is 606 g/mol. The third kappa shape index (κ3) is 6.04. The number of amides is 2. The number of methoxy groups -OCH3 is 1. The molecule has 204 valence electrons. The molecule has 0 aliphatic carbocycles. The van der Waals surface area contributed by atoms with Crippen molar-refractivity contribution in [1.82, 2.24) is 14.8 Å². The second-order valence-corrected chi connectivity index (χ2v) is 10.3. The third-order valence-electron chi connectivity index (χ3n) is 6.79. The number of benzene rings is 3. The fraction of sp³-hybridized carbons (Fsp3) is 0.194. The number of carbonyl (C=O) groups excluding carboxylic acids is 2. The fourth-order valence-corrected chi connectivity index (χ4v) is 5.10. The predicted molar refractivity (Wildman–Crippen MR) is 154 cm³/mol. The van der Waals surface area contributed by atoms with E-state index in [-0.39, 0.29) is 24.6 Å². The summed E-state index contributed by atoms with van der Waals surface area (Å²) in [5.41, 5.74) is 2.55. The highest BCUT2D eigenvalue weighted by Gasteiger charge is 2.26. The van der Waals surface area contributed by atoms with Gasteiger partial charge in [0.05, 0.1) is 29.4 Å². The van der Waals surface area contributed by atoms with Gasteiger partial charge in [-0.25, -0.2) is 13.8 Å². The number of pyridine rings is 1. The zero-order chi connectivity index (χ0) is 28.2. The van der Waals surface area contributed by atoms with Crippen LogP contribution >= 0.6 is 15.9 Å². The Balaban J connectivity index is 1.40. The second-order valence-electron chi connectivity index (χ2n) is 9.43. The van der Waals surface area contributed by atoms with Crippen LogP contribution in [-0.2, 0) is 0 Å². The van der Waals surface area contributed by atoms with Crippen LogP contribution in [0.5, 0.6) is 5.75 Å². The summed E-state index contributed by atoms with van der Waals surface area (Å²) in [6.07, 6.45) is 4.29. The Morgan fingerprint density at radius 3 is 2.35 bits per heavy atom. The Morgan fingerprint density at radius 2 is 1.62 bits per heavy atom. The summed E-state index contributed by atoms with van der Waals surface area (Å²) >= 11 is 3.50. The van der Waals surface area contributed by atoms with E-state index < -0.39 is 17.5 Å². The number of hydrogen-bond donors (Lipinski definition) is 0. The van der Waals surface area contributed by atoms with E-state index in [1.165, 1.54) is 4.90 Å². The normalized spacial score (nSPS) is 14.0. The van der Waals surface area contributed by atoms with Crippen molar-refractivity contribution in [1.29, 1.82) is 0 Å². The Morgan fingerprint density at radius 1 is 0.875 bits per heavy atom. The van der Waals surface area contributed by atoms with Crippen LogP contribution in [0, 0.1) is 11.6 Å². The van der Waals surface area contributed by atoms with Crippen molar-refractivity contribution in [2.24, 2.45) is 0 Å². The first-order valence-corrected chi connectivity index (χ1v) is 13.6. The Bertz CT molecular complexity index is 1630. The molecule has 1 saturated heterocycles. The van der Waals surface area contributed by atoms with Crippen molar-refractivity contribution in [3.05, 3.63) is 105 Å². The molecule has 2 amide bonds. The molecule has 3 aromatic carbocycles. The number of ether oxygens (including phenoxy) is 1. The summed E-state index contributed by atoms with van der Waals surface area (Å²) in [4.78, 5) is 34.8. The van der Waals surface area contributed by atoms with Crippen LogP contribution < -0.4 is 4.74 Å². The molecule has 0 radical (unpaired) electrons. The Hall–Kier alpha value is -4.11. The molecule has 1 aliphatic heterocycles. The molecule has 0 saturated carbocycles. The summed E-state index contributed by atoms with van der Waals surface area (Å²) < 4.78 is 33.7. The maximum Gasteiger partial charge on any atom is 0.256 e. The van der Waals surface area contributed by atoms with Crippen molar-refractivity contribution in [3.8, 4) is 5.75 Å². The van der Waals surface area contributed by atoms with Crippen LogP contribution in [0.4, 0.5) is 8.78 Å². The number of aromatic nitrogens is 1. The minimum atomic E-state index is -0.898. The number of nitrogens with zero attached hydrogens (tertiary/aromatic N) is 3.